The minimum Gasteiger partial charge on any atom is -0.497 e. The Kier molecular flexibility index (Phi) is 9.35. The first-order valence-electron chi connectivity index (χ1n) is 13.2. The number of nitrogens with one attached hydrogen (secondary N) is 2. The number of hydrogen-bond acceptors (Lipinski definition) is 8. The Morgan fingerprint density at radius 2 is 1.95 bits per heavy atom. The number of para-hydroxylation sites is 1. The smallest absolute Gasteiger partial charge is 0.321 e. The molecular formula is C29H34N6O6. The highest BCUT2D eigenvalue weighted by Crippen LogP contribution is 2.35. The van der Waals surface area contributed by atoms with E-state index in [0.29, 0.717) is 11.4 Å². The third-order valence-electron chi connectivity index (χ3n) is 6.88. The minimum atomic E-state index is -0.573. The molecule has 4 rings (SSSR count). The molecule has 0 radical (unpaired) electrons. The molecule has 0 saturated carbocycles. The van der Waals surface area contributed by atoms with Crippen molar-refractivity contribution in [3.05, 3.63) is 72.3 Å². The molecule has 41 heavy (non-hydrogen) atoms. The van der Waals surface area contributed by atoms with Crippen molar-refractivity contribution in [1.82, 2.24) is 19.8 Å². The fraction of sp³-hybridized carbons (Fsp3) is 0.345. The number of benzene rings is 2. The zero-order valence-corrected chi connectivity index (χ0v) is 23.4. The fourth-order valence-corrected chi connectivity index (χ4v) is 4.41. The molecule has 1 aromatic heterocycles. The van der Waals surface area contributed by atoms with Crippen molar-refractivity contribution in [3.63, 3.8) is 0 Å². The van der Waals surface area contributed by atoms with Gasteiger partial charge in [0.05, 0.1) is 43.8 Å². The number of carbonyl (C=O) groups excluding carboxylic acids is 3. The number of likely N-dealkylation sites (N-methyl/N-ethyl adjacent to an activating group) is 1. The Hall–Kier alpha value is -4.71. The molecule has 12 nitrogen and oxygen atoms in total. The largest absolute Gasteiger partial charge is 0.497 e. The van der Waals surface area contributed by atoms with E-state index < -0.39 is 18.1 Å². The van der Waals surface area contributed by atoms with Crippen LogP contribution >= 0.6 is 0 Å². The number of ether oxygens (including phenoxy) is 2. The Labute approximate surface area is 238 Å². The van der Waals surface area contributed by atoms with E-state index in [1.54, 1.807) is 68.4 Å². The quantitative estimate of drug-likeness (QED) is 0.380. The maximum Gasteiger partial charge on any atom is 0.321 e. The summed E-state index contributed by atoms with van der Waals surface area (Å²) in [7, 11) is 3.22. The summed E-state index contributed by atoms with van der Waals surface area (Å²) in [5, 5.41) is 15.5. The van der Waals surface area contributed by atoms with E-state index in [4.69, 9.17) is 9.47 Å². The van der Waals surface area contributed by atoms with Crippen LogP contribution in [0.3, 0.4) is 0 Å². The van der Waals surface area contributed by atoms with Gasteiger partial charge in [-0.2, -0.15) is 0 Å². The highest BCUT2D eigenvalue weighted by Gasteiger charge is 2.35. The monoisotopic (exact) mass is 562 g/mol. The van der Waals surface area contributed by atoms with Gasteiger partial charge in [0, 0.05) is 37.6 Å². The Morgan fingerprint density at radius 1 is 1.20 bits per heavy atom. The van der Waals surface area contributed by atoms with Crippen LogP contribution in [0.15, 0.2) is 61.1 Å². The zero-order chi connectivity index (χ0) is 29.5. The number of methoxy groups -OCH3 is 1. The number of urea groups is 1. The number of fused-ring (bicyclic) bond motifs is 1. The van der Waals surface area contributed by atoms with E-state index in [2.05, 4.69) is 20.6 Å². The van der Waals surface area contributed by atoms with Gasteiger partial charge in [0.2, 0.25) is 0 Å². The fourth-order valence-electron chi connectivity index (χ4n) is 4.41. The van der Waals surface area contributed by atoms with Crippen LogP contribution in [0, 0.1) is 5.92 Å². The van der Waals surface area contributed by atoms with Crippen molar-refractivity contribution >= 4 is 29.2 Å². The van der Waals surface area contributed by atoms with Crippen molar-refractivity contribution in [2.45, 2.75) is 26.0 Å². The van der Waals surface area contributed by atoms with Crippen LogP contribution in [0.25, 0.3) is 0 Å². The molecule has 0 fully saturated rings. The highest BCUT2D eigenvalue weighted by atomic mass is 16.5. The summed E-state index contributed by atoms with van der Waals surface area (Å²) in [4.78, 5) is 50.7. The number of nitrogens with zero attached hydrogens (tertiary/aromatic N) is 4. The molecule has 0 bridgehead atoms. The van der Waals surface area contributed by atoms with Gasteiger partial charge in [0.15, 0.2) is 5.75 Å². The topological polar surface area (TPSA) is 146 Å². The Balaban J connectivity index is 1.62. The number of amides is 4. The predicted octanol–water partition coefficient (Wildman–Crippen LogP) is 3.12. The predicted molar refractivity (Wildman–Crippen MR) is 152 cm³/mol. The number of hydrogen-bond donors (Lipinski definition) is 3. The summed E-state index contributed by atoms with van der Waals surface area (Å²) in [5.41, 5.74) is 1.19. The summed E-state index contributed by atoms with van der Waals surface area (Å²) in [6.45, 7) is 3.90. The van der Waals surface area contributed by atoms with Crippen LogP contribution in [0.4, 0.5) is 16.2 Å². The minimum absolute atomic E-state index is 0.0951. The van der Waals surface area contributed by atoms with Crippen LogP contribution in [-0.4, -0.2) is 88.7 Å². The molecule has 0 unspecified atom stereocenters. The molecule has 1 aliphatic heterocycles. The second-order valence-electron chi connectivity index (χ2n) is 9.89. The number of carbonyl (C=O) groups is 3. The first-order chi connectivity index (χ1) is 19.7. The third kappa shape index (κ3) is 6.90. The van der Waals surface area contributed by atoms with Gasteiger partial charge in [-0.25, -0.2) is 9.78 Å². The number of anilines is 2. The number of aliphatic hydroxyl groups is 1. The van der Waals surface area contributed by atoms with Crippen molar-refractivity contribution in [3.8, 4) is 11.5 Å². The molecule has 2 aromatic carbocycles. The number of aliphatic hydroxyl groups excluding tert-OH is 1. The van der Waals surface area contributed by atoms with E-state index in [9.17, 15) is 19.5 Å². The molecule has 0 spiro atoms. The molecule has 216 valence electrons. The van der Waals surface area contributed by atoms with Gasteiger partial charge in [-0.1, -0.05) is 13.0 Å². The van der Waals surface area contributed by atoms with Gasteiger partial charge in [0.1, 0.15) is 17.5 Å². The average Bonchev–Trinajstić information content (AvgIpc) is 2.99. The molecule has 3 N–H and O–H groups in total. The molecular weight excluding hydrogens is 528 g/mol. The van der Waals surface area contributed by atoms with Gasteiger partial charge in [-0.05, 0) is 43.3 Å². The summed E-state index contributed by atoms with van der Waals surface area (Å²) < 4.78 is 11.6. The molecule has 12 heteroatoms. The van der Waals surface area contributed by atoms with Gasteiger partial charge in [-0.3, -0.25) is 14.6 Å². The van der Waals surface area contributed by atoms with E-state index in [-0.39, 0.29) is 60.2 Å². The first-order valence-corrected chi connectivity index (χ1v) is 13.2. The second kappa shape index (κ2) is 13.1. The van der Waals surface area contributed by atoms with Gasteiger partial charge >= 0.3 is 6.03 Å². The van der Waals surface area contributed by atoms with Gasteiger partial charge in [-0.15, -0.1) is 0 Å². The lowest BCUT2D eigenvalue weighted by molar-refractivity contribution is 0.0372. The van der Waals surface area contributed by atoms with E-state index in [1.807, 2.05) is 6.92 Å². The molecule has 4 amide bonds. The molecule has 2 heterocycles. The number of rotatable bonds is 8. The first kappa shape index (κ1) is 29.3. The van der Waals surface area contributed by atoms with Crippen molar-refractivity contribution in [2.24, 2.45) is 5.92 Å². The van der Waals surface area contributed by atoms with Crippen LogP contribution in [0.2, 0.25) is 0 Å². The average molecular weight is 563 g/mol. The lowest BCUT2D eigenvalue weighted by Gasteiger charge is -2.38. The van der Waals surface area contributed by atoms with E-state index in [1.165, 1.54) is 23.5 Å². The van der Waals surface area contributed by atoms with E-state index in [0.717, 1.165) is 0 Å². The zero-order valence-electron chi connectivity index (χ0n) is 23.4. The standard InChI is InChI=1S/C29H34N6O6/c1-18-15-35(19(2)17-36)28(38)22-6-5-7-23(33-27(37)24-14-30-12-13-31-24)26(22)41-25(18)16-34(3)29(39)32-20-8-10-21(40-4)11-9-20/h5-14,18-19,25,36H,15-17H2,1-4H3,(H,32,39)(H,33,37)/t18-,19+,25+/m0/s1. The van der Waals surface area contributed by atoms with Crippen molar-refractivity contribution < 1.29 is 29.0 Å². The summed E-state index contributed by atoms with van der Waals surface area (Å²) >= 11 is 0. The normalized spacial score (nSPS) is 17.3. The summed E-state index contributed by atoms with van der Waals surface area (Å²) in [6, 6.07) is 11.0. The molecule has 3 atom stereocenters. The molecule has 0 saturated heterocycles. The molecule has 1 aliphatic rings. The lowest BCUT2D eigenvalue weighted by Crippen LogP contribution is -2.50. The molecule has 3 aromatic rings. The highest BCUT2D eigenvalue weighted by molar-refractivity contribution is 6.06. The van der Waals surface area contributed by atoms with Crippen LogP contribution in [0.5, 0.6) is 11.5 Å². The van der Waals surface area contributed by atoms with Crippen LogP contribution in [-0.2, 0) is 0 Å². The Bertz CT molecular complexity index is 1370. The van der Waals surface area contributed by atoms with Crippen molar-refractivity contribution in [1.29, 1.82) is 0 Å². The summed E-state index contributed by atoms with van der Waals surface area (Å²) in [6.07, 6.45) is 3.63. The number of aromatic nitrogens is 2. The van der Waals surface area contributed by atoms with Crippen LogP contribution < -0.4 is 20.1 Å². The van der Waals surface area contributed by atoms with Crippen LogP contribution in [0.1, 0.15) is 34.7 Å². The Morgan fingerprint density at radius 3 is 2.61 bits per heavy atom. The van der Waals surface area contributed by atoms with Gasteiger partial charge < -0.3 is 35.0 Å². The van der Waals surface area contributed by atoms with Gasteiger partial charge in [0.25, 0.3) is 11.8 Å². The third-order valence-corrected chi connectivity index (χ3v) is 6.88. The lowest BCUT2D eigenvalue weighted by atomic mass is 9.99. The SMILES string of the molecule is COc1ccc(NC(=O)N(C)C[C@H]2Oc3c(NC(=O)c4cnccn4)cccc3C(=O)N([C@H](C)CO)C[C@@H]2C)cc1. The maximum atomic E-state index is 13.6. The van der Waals surface area contributed by atoms with Crippen molar-refractivity contribution in [2.75, 3.05) is 44.5 Å². The second-order valence-corrected chi connectivity index (χ2v) is 9.89. The molecule has 0 aliphatic carbocycles. The van der Waals surface area contributed by atoms with E-state index >= 15 is 0 Å². The summed E-state index contributed by atoms with van der Waals surface area (Å²) in [5.74, 6) is -0.268. The maximum absolute atomic E-state index is 13.6.